The number of benzene rings is 1. The van der Waals surface area contributed by atoms with Crippen LogP contribution < -0.4 is 11.1 Å². The number of amides is 2. The molecule has 0 spiro atoms. The molecule has 1 aliphatic rings. The average Bonchev–Trinajstić information content (AvgIpc) is 3.27. The highest BCUT2D eigenvalue weighted by molar-refractivity contribution is 7.17. The maximum Gasteiger partial charge on any atom is 0.307 e. The van der Waals surface area contributed by atoms with Crippen LogP contribution >= 0.6 is 11.3 Å². The third-order valence-electron chi connectivity index (χ3n) is 4.73. The van der Waals surface area contributed by atoms with Crippen LogP contribution in [0.1, 0.15) is 57.3 Å². The van der Waals surface area contributed by atoms with Crippen molar-refractivity contribution < 1.29 is 23.9 Å². The quantitative estimate of drug-likeness (QED) is 0.509. The molecule has 2 amide bonds. The maximum absolute atomic E-state index is 12.4. The van der Waals surface area contributed by atoms with E-state index in [1.165, 1.54) is 18.3 Å². The molecule has 7 nitrogen and oxygen atoms in total. The van der Waals surface area contributed by atoms with Gasteiger partial charge in [0.2, 0.25) is 0 Å². The second kappa shape index (κ2) is 9.00. The number of Topliss-reactive ketones (excluding diaryl/α,β-unsaturated/α-hetero) is 1. The van der Waals surface area contributed by atoms with Crippen LogP contribution in [0, 0.1) is 0 Å². The predicted molar refractivity (Wildman–Crippen MR) is 109 cm³/mol. The molecule has 2 aromatic rings. The van der Waals surface area contributed by atoms with Gasteiger partial charge in [0.05, 0.1) is 12.0 Å². The van der Waals surface area contributed by atoms with E-state index < -0.39 is 23.9 Å². The van der Waals surface area contributed by atoms with Gasteiger partial charge < -0.3 is 15.8 Å². The molecule has 0 aliphatic heterocycles. The van der Waals surface area contributed by atoms with Crippen LogP contribution in [0.25, 0.3) is 0 Å². The van der Waals surface area contributed by atoms with Crippen LogP contribution in [0.3, 0.4) is 0 Å². The average molecular weight is 414 g/mol. The second-order valence-electron chi connectivity index (χ2n) is 6.84. The highest BCUT2D eigenvalue weighted by atomic mass is 32.1. The number of carbonyl (C=O) groups is 4. The van der Waals surface area contributed by atoms with Crippen LogP contribution in [-0.2, 0) is 27.2 Å². The summed E-state index contributed by atoms with van der Waals surface area (Å²) in [4.78, 5) is 49.3. The van der Waals surface area contributed by atoms with Crippen LogP contribution in [0.5, 0.6) is 0 Å². The van der Waals surface area contributed by atoms with E-state index in [0.29, 0.717) is 16.1 Å². The van der Waals surface area contributed by atoms with Gasteiger partial charge >= 0.3 is 5.97 Å². The van der Waals surface area contributed by atoms with Gasteiger partial charge in [-0.15, -0.1) is 11.3 Å². The summed E-state index contributed by atoms with van der Waals surface area (Å²) in [6.45, 7) is 1.44. The number of ketones is 1. The Morgan fingerprint density at radius 3 is 2.55 bits per heavy atom. The highest BCUT2D eigenvalue weighted by Gasteiger charge is 2.27. The molecule has 1 aliphatic carbocycles. The van der Waals surface area contributed by atoms with Crippen molar-refractivity contribution in [3.05, 3.63) is 51.9 Å². The largest absolute Gasteiger partial charge is 0.453 e. The highest BCUT2D eigenvalue weighted by Crippen LogP contribution is 2.38. The third kappa shape index (κ3) is 4.89. The Bertz CT molecular complexity index is 951. The Morgan fingerprint density at radius 2 is 1.86 bits per heavy atom. The molecule has 1 aromatic carbocycles. The van der Waals surface area contributed by atoms with Gasteiger partial charge in [-0.25, -0.2) is 0 Å². The lowest BCUT2D eigenvalue weighted by molar-refractivity contribution is -0.153. The Balaban J connectivity index is 1.54. The summed E-state index contributed by atoms with van der Waals surface area (Å²) in [5, 5.41) is 3.05. The standard InChI is InChI=1S/C21H22N2O5S/c1-12(28-17(25)11-10-15(24)13-6-3-2-4-7-13)20(27)23-21-18(19(22)26)14-8-5-9-16(14)29-21/h2-4,6-7,12H,5,8-11H2,1H3,(H2,22,26)(H,23,27)/t12-/m0/s1. The number of hydrogen-bond donors (Lipinski definition) is 2. The van der Waals surface area contributed by atoms with Gasteiger partial charge in [-0.3, -0.25) is 19.2 Å². The number of nitrogens with two attached hydrogens (primary N) is 1. The number of carbonyl (C=O) groups excluding carboxylic acids is 4. The zero-order valence-corrected chi connectivity index (χ0v) is 16.8. The van der Waals surface area contributed by atoms with Crippen molar-refractivity contribution in [3.8, 4) is 0 Å². The first kappa shape index (κ1) is 20.7. The van der Waals surface area contributed by atoms with E-state index in [2.05, 4.69) is 5.32 Å². The molecule has 0 unspecified atom stereocenters. The lowest BCUT2D eigenvalue weighted by Crippen LogP contribution is -2.30. The molecule has 0 radical (unpaired) electrons. The van der Waals surface area contributed by atoms with E-state index in [1.807, 2.05) is 0 Å². The maximum atomic E-state index is 12.4. The Kier molecular flexibility index (Phi) is 6.43. The van der Waals surface area contributed by atoms with Crippen molar-refractivity contribution in [3.63, 3.8) is 0 Å². The normalized spacial score (nSPS) is 13.4. The van der Waals surface area contributed by atoms with Gasteiger partial charge in [0.1, 0.15) is 5.00 Å². The fourth-order valence-electron chi connectivity index (χ4n) is 3.26. The van der Waals surface area contributed by atoms with Crippen LogP contribution in [-0.4, -0.2) is 29.7 Å². The number of ether oxygens (including phenoxy) is 1. The summed E-state index contributed by atoms with van der Waals surface area (Å²) in [6, 6.07) is 8.66. The van der Waals surface area contributed by atoms with Gasteiger partial charge in [-0.05, 0) is 31.7 Å². The summed E-state index contributed by atoms with van der Waals surface area (Å²) < 4.78 is 5.13. The van der Waals surface area contributed by atoms with E-state index >= 15 is 0 Å². The van der Waals surface area contributed by atoms with Gasteiger partial charge in [0.15, 0.2) is 11.9 Å². The molecule has 1 heterocycles. The molecule has 0 saturated carbocycles. The Morgan fingerprint density at radius 1 is 1.14 bits per heavy atom. The first-order chi connectivity index (χ1) is 13.9. The Labute approximate surface area is 172 Å². The monoisotopic (exact) mass is 414 g/mol. The fourth-order valence-corrected chi connectivity index (χ4v) is 4.56. The van der Waals surface area contributed by atoms with Crippen molar-refractivity contribution in [1.29, 1.82) is 0 Å². The van der Waals surface area contributed by atoms with Gasteiger partial charge in [-0.1, -0.05) is 30.3 Å². The number of esters is 1. The molecule has 3 N–H and O–H groups in total. The lowest BCUT2D eigenvalue weighted by atomic mass is 10.1. The number of thiophene rings is 1. The molecule has 8 heteroatoms. The summed E-state index contributed by atoms with van der Waals surface area (Å²) >= 11 is 1.34. The van der Waals surface area contributed by atoms with Crippen LogP contribution in [0.2, 0.25) is 0 Å². The lowest BCUT2D eigenvalue weighted by Gasteiger charge is -2.13. The van der Waals surface area contributed by atoms with Gasteiger partial charge in [0.25, 0.3) is 11.8 Å². The predicted octanol–water partition coefficient (Wildman–Crippen LogP) is 2.87. The van der Waals surface area contributed by atoms with Crippen molar-refractivity contribution in [2.75, 3.05) is 5.32 Å². The number of hydrogen-bond acceptors (Lipinski definition) is 6. The molecule has 0 saturated heterocycles. The molecule has 0 bridgehead atoms. The molecule has 0 fully saturated rings. The van der Waals surface area contributed by atoms with Crippen molar-refractivity contribution in [2.24, 2.45) is 5.73 Å². The summed E-state index contributed by atoms with van der Waals surface area (Å²) in [5.41, 5.74) is 7.26. The fraction of sp³-hybridized carbons (Fsp3) is 0.333. The molecule has 1 atom stereocenters. The van der Waals surface area contributed by atoms with E-state index in [4.69, 9.17) is 10.5 Å². The van der Waals surface area contributed by atoms with E-state index in [1.54, 1.807) is 30.3 Å². The Hall–Kier alpha value is -3.00. The summed E-state index contributed by atoms with van der Waals surface area (Å²) in [7, 11) is 0. The summed E-state index contributed by atoms with van der Waals surface area (Å²) in [6.07, 6.45) is 1.40. The van der Waals surface area contributed by atoms with Crippen molar-refractivity contribution in [2.45, 2.75) is 45.1 Å². The zero-order chi connectivity index (χ0) is 21.0. The van der Waals surface area contributed by atoms with E-state index in [0.717, 1.165) is 29.7 Å². The molecule has 1 aromatic heterocycles. The summed E-state index contributed by atoms with van der Waals surface area (Å²) in [5.74, 6) is -1.93. The minimum Gasteiger partial charge on any atom is -0.453 e. The molecular formula is C21H22N2O5S. The van der Waals surface area contributed by atoms with Crippen molar-refractivity contribution >= 4 is 39.9 Å². The van der Waals surface area contributed by atoms with Gasteiger partial charge in [0, 0.05) is 16.9 Å². The first-order valence-corrected chi connectivity index (χ1v) is 10.2. The zero-order valence-electron chi connectivity index (χ0n) is 16.0. The van der Waals surface area contributed by atoms with Crippen molar-refractivity contribution in [1.82, 2.24) is 0 Å². The molecule has 152 valence electrons. The molecule has 29 heavy (non-hydrogen) atoms. The number of aryl methyl sites for hydroxylation is 1. The minimum atomic E-state index is -1.06. The van der Waals surface area contributed by atoms with E-state index in [9.17, 15) is 19.2 Å². The number of fused-ring (bicyclic) bond motifs is 1. The van der Waals surface area contributed by atoms with E-state index in [-0.39, 0.29) is 18.6 Å². The van der Waals surface area contributed by atoms with Crippen LogP contribution in [0.4, 0.5) is 5.00 Å². The SMILES string of the molecule is C[C@H](OC(=O)CCC(=O)c1ccccc1)C(=O)Nc1sc2c(c1C(N)=O)CCC2. The first-order valence-electron chi connectivity index (χ1n) is 9.39. The number of rotatable bonds is 8. The third-order valence-corrected chi connectivity index (χ3v) is 5.94. The van der Waals surface area contributed by atoms with Gasteiger partial charge in [-0.2, -0.15) is 0 Å². The minimum absolute atomic E-state index is 0.000649. The number of anilines is 1. The molecular weight excluding hydrogens is 392 g/mol. The second-order valence-corrected chi connectivity index (χ2v) is 7.94. The number of nitrogens with one attached hydrogen (secondary N) is 1. The topological polar surface area (TPSA) is 116 Å². The smallest absolute Gasteiger partial charge is 0.307 e. The van der Waals surface area contributed by atoms with Crippen LogP contribution in [0.15, 0.2) is 30.3 Å². The molecule has 3 rings (SSSR count). The number of primary amides is 1.